The molecule has 0 spiro atoms. The molecule has 5 nitrogen and oxygen atoms in total. The van der Waals surface area contributed by atoms with Gasteiger partial charge < -0.3 is 14.5 Å². The van der Waals surface area contributed by atoms with E-state index < -0.39 is 0 Å². The van der Waals surface area contributed by atoms with Gasteiger partial charge in [-0.05, 0) is 32.7 Å². The van der Waals surface area contributed by atoms with Gasteiger partial charge in [-0.1, -0.05) is 13.8 Å². The van der Waals surface area contributed by atoms with Gasteiger partial charge >= 0.3 is 0 Å². The first-order chi connectivity index (χ1) is 8.76. The molecule has 1 aliphatic heterocycles. The predicted molar refractivity (Wildman–Crippen MR) is 68.4 cm³/mol. The molecule has 2 rings (SSSR count). The third-order valence-electron chi connectivity index (χ3n) is 3.46. The Morgan fingerprint density at radius 1 is 1.39 bits per heavy atom. The van der Waals surface area contributed by atoms with E-state index >= 15 is 0 Å². The topological polar surface area (TPSA) is 60.2 Å². The standard InChI is InChI=1S/C13H23N3O2/c1-4-7-14-9(3)12-15-16-13(18-12)10-6-8-17-11(10)5-2/h9-11,14H,4-8H2,1-3H3. The van der Waals surface area contributed by atoms with Crippen molar-refractivity contribution in [2.75, 3.05) is 13.2 Å². The molecule has 0 aliphatic carbocycles. The van der Waals surface area contributed by atoms with Gasteiger partial charge in [-0.2, -0.15) is 0 Å². The summed E-state index contributed by atoms with van der Waals surface area (Å²) in [4.78, 5) is 0. The van der Waals surface area contributed by atoms with Crippen molar-refractivity contribution in [1.82, 2.24) is 15.5 Å². The summed E-state index contributed by atoms with van der Waals surface area (Å²) in [5.41, 5.74) is 0. The summed E-state index contributed by atoms with van der Waals surface area (Å²) < 4.78 is 11.5. The minimum Gasteiger partial charge on any atom is -0.423 e. The monoisotopic (exact) mass is 253 g/mol. The molecule has 0 bridgehead atoms. The Kier molecular flexibility index (Phi) is 4.72. The van der Waals surface area contributed by atoms with E-state index in [1.165, 1.54) is 0 Å². The minimum atomic E-state index is 0.119. The van der Waals surface area contributed by atoms with E-state index in [9.17, 15) is 0 Å². The largest absolute Gasteiger partial charge is 0.423 e. The Morgan fingerprint density at radius 3 is 2.94 bits per heavy atom. The second-order valence-electron chi connectivity index (χ2n) is 4.87. The molecular formula is C13H23N3O2. The summed E-state index contributed by atoms with van der Waals surface area (Å²) in [7, 11) is 0. The van der Waals surface area contributed by atoms with Crippen LogP contribution in [0.5, 0.6) is 0 Å². The van der Waals surface area contributed by atoms with Gasteiger partial charge in [0.1, 0.15) is 0 Å². The fourth-order valence-electron chi connectivity index (χ4n) is 2.35. The maximum Gasteiger partial charge on any atom is 0.233 e. The van der Waals surface area contributed by atoms with Crippen molar-refractivity contribution in [3.63, 3.8) is 0 Å². The molecule has 18 heavy (non-hydrogen) atoms. The molecule has 1 aliphatic rings. The maximum atomic E-state index is 5.79. The first-order valence-corrected chi connectivity index (χ1v) is 6.94. The second kappa shape index (κ2) is 6.29. The number of nitrogens with one attached hydrogen (secondary N) is 1. The lowest BCUT2D eigenvalue weighted by molar-refractivity contribution is 0.0961. The second-order valence-corrected chi connectivity index (χ2v) is 4.87. The average Bonchev–Trinajstić information content (AvgIpc) is 3.02. The van der Waals surface area contributed by atoms with Gasteiger partial charge in [0.25, 0.3) is 0 Å². The van der Waals surface area contributed by atoms with E-state index in [0.717, 1.165) is 38.3 Å². The van der Waals surface area contributed by atoms with Crippen LogP contribution in [0, 0.1) is 0 Å². The fraction of sp³-hybridized carbons (Fsp3) is 0.846. The van der Waals surface area contributed by atoms with Gasteiger partial charge in [-0.15, -0.1) is 10.2 Å². The zero-order valence-electron chi connectivity index (χ0n) is 11.5. The normalized spacial score (nSPS) is 25.5. The zero-order valence-corrected chi connectivity index (χ0v) is 11.5. The molecule has 0 saturated carbocycles. The molecule has 1 saturated heterocycles. The van der Waals surface area contributed by atoms with Crippen molar-refractivity contribution in [2.24, 2.45) is 0 Å². The molecule has 1 aromatic heterocycles. The molecule has 3 unspecified atom stereocenters. The van der Waals surface area contributed by atoms with Crippen molar-refractivity contribution in [2.45, 2.75) is 58.1 Å². The molecule has 5 heteroatoms. The SMILES string of the molecule is CCCNC(C)c1nnc(C2CCOC2CC)o1. The molecule has 2 heterocycles. The van der Waals surface area contributed by atoms with Crippen LogP contribution in [-0.2, 0) is 4.74 Å². The van der Waals surface area contributed by atoms with Gasteiger partial charge in [0, 0.05) is 6.61 Å². The molecule has 0 radical (unpaired) electrons. The quantitative estimate of drug-likeness (QED) is 0.843. The van der Waals surface area contributed by atoms with E-state index in [1.54, 1.807) is 0 Å². The summed E-state index contributed by atoms with van der Waals surface area (Å²) in [5.74, 6) is 1.69. The smallest absolute Gasteiger partial charge is 0.233 e. The summed E-state index contributed by atoms with van der Waals surface area (Å²) in [6.07, 6.45) is 3.31. The van der Waals surface area contributed by atoms with Crippen molar-refractivity contribution in [3.05, 3.63) is 11.8 Å². The van der Waals surface area contributed by atoms with Crippen LogP contribution in [0.2, 0.25) is 0 Å². The number of aromatic nitrogens is 2. The first-order valence-electron chi connectivity index (χ1n) is 6.94. The average molecular weight is 253 g/mol. The minimum absolute atomic E-state index is 0.119. The Labute approximate surface area is 108 Å². The number of rotatable bonds is 6. The van der Waals surface area contributed by atoms with Crippen LogP contribution < -0.4 is 5.32 Å². The summed E-state index contributed by atoms with van der Waals surface area (Å²) >= 11 is 0. The summed E-state index contributed by atoms with van der Waals surface area (Å²) in [6.45, 7) is 8.08. The Balaban J connectivity index is 2.01. The van der Waals surface area contributed by atoms with Gasteiger partial charge in [0.15, 0.2) is 0 Å². The van der Waals surface area contributed by atoms with E-state index in [1.807, 2.05) is 0 Å². The Morgan fingerprint density at radius 2 is 2.22 bits per heavy atom. The highest BCUT2D eigenvalue weighted by molar-refractivity contribution is 4.99. The number of nitrogens with zero attached hydrogens (tertiary/aromatic N) is 2. The maximum absolute atomic E-state index is 5.79. The molecule has 1 aromatic rings. The van der Waals surface area contributed by atoms with Gasteiger partial charge in [0.2, 0.25) is 11.8 Å². The molecule has 3 atom stereocenters. The summed E-state index contributed by atoms with van der Waals surface area (Å²) in [6, 6.07) is 0.119. The van der Waals surface area contributed by atoms with E-state index in [0.29, 0.717) is 5.89 Å². The molecule has 102 valence electrons. The highest BCUT2D eigenvalue weighted by Gasteiger charge is 2.32. The zero-order chi connectivity index (χ0) is 13.0. The molecule has 1 fully saturated rings. The molecule has 1 N–H and O–H groups in total. The van der Waals surface area contributed by atoms with E-state index in [-0.39, 0.29) is 18.1 Å². The van der Waals surface area contributed by atoms with Gasteiger partial charge in [0.05, 0.1) is 18.1 Å². The van der Waals surface area contributed by atoms with Crippen LogP contribution in [-0.4, -0.2) is 29.5 Å². The lowest BCUT2D eigenvalue weighted by atomic mass is 10.00. The molecule has 0 amide bonds. The molecule has 0 aromatic carbocycles. The van der Waals surface area contributed by atoms with Crippen molar-refractivity contribution in [3.8, 4) is 0 Å². The van der Waals surface area contributed by atoms with Gasteiger partial charge in [-0.3, -0.25) is 0 Å². The number of hydrogen-bond donors (Lipinski definition) is 1. The van der Waals surface area contributed by atoms with Crippen LogP contribution in [0.15, 0.2) is 4.42 Å². The lowest BCUT2D eigenvalue weighted by Gasteiger charge is -2.12. The van der Waals surface area contributed by atoms with Crippen LogP contribution in [0.4, 0.5) is 0 Å². The lowest BCUT2D eigenvalue weighted by Crippen LogP contribution is -2.19. The van der Waals surface area contributed by atoms with E-state index in [4.69, 9.17) is 9.15 Å². The van der Waals surface area contributed by atoms with Crippen LogP contribution in [0.3, 0.4) is 0 Å². The highest BCUT2D eigenvalue weighted by atomic mass is 16.5. The number of hydrogen-bond acceptors (Lipinski definition) is 5. The van der Waals surface area contributed by atoms with Crippen LogP contribution in [0.25, 0.3) is 0 Å². The van der Waals surface area contributed by atoms with E-state index in [2.05, 4.69) is 36.3 Å². The first kappa shape index (κ1) is 13.5. The fourth-order valence-corrected chi connectivity index (χ4v) is 2.35. The third kappa shape index (κ3) is 2.90. The predicted octanol–water partition coefficient (Wildman–Crippen LogP) is 2.41. The molecular weight excluding hydrogens is 230 g/mol. The van der Waals surface area contributed by atoms with Crippen LogP contribution >= 0.6 is 0 Å². The third-order valence-corrected chi connectivity index (χ3v) is 3.46. The van der Waals surface area contributed by atoms with Crippen molar-refractivity contribution >= 4 is 0 Å². The van der Waals surface area contributed by atoms with Gasteiger partial charge in [-0.25, -0.2) is 0 Å². The highest BCUT2D eigenvalue weighted by Crippen LogP contribution is 2.32. The Bertz CT molecular complexity index is 367. The summed E-state index contributed by atoms with van der Waals surface area (Å²) in [5, 5.41) is 11.7. The van der Waals surface area contributed by atoms with Crippen molar-refractivity contribution in [1.29, 1.82) is 0 Å². The van der Waals surface area contributed by atoms with Crippen molar-refractivity contribution < 1.29 is 9.15 Å². The van der Waals surface area contributed by atoms with Crippen LogP contribution in [0.1, 0.15) is 63.8 Å². The Hall–Kier alpha value is -0.940. The number of ether oxygens (including phenoxy) is 1.